The van der Waals surface area contributed by atoms with E-state index in [9.17, 15) is 13.2 Å². The molecule has 0 atom stereocenters. The summed E-state index contributed by atoms with van der Waals surface area (Å²) in [6.45, 7) is 2.67. The van der Waals surface area contributed by atoms with Crippen LogP contribution in [0.15, 0.2) is 51.8 Å². The molecule has 2 aromatic carbocycles. The zero-order valence-corrected chi connectivity index (χ0v) is 18.2. The summed E-state index contributed by atoms with van der Waals surface area (Å²) < 4.78 is 32.1. The van der Waals surface area contributed by atoms with Crippen LogP contribution >= 0.6 is 15.9 Å². The Labute approximate surface area is 168 Å². The molecule has 1 amide bonds. The Balaban J connectivity index is 2.09. The molecule has 0 aromatic heterocycles. The first-order chi connectivity index (χ1) is 12.6. The minimum absolute atomic E-state index is 0.0583. The minimum Gasteiger partial charge on any atom is -0.491 e. The van der Waals surface area contributed by atoms with E-state index < -0.39 is 10.0 Å². The van der Waals surface area contributed by atoms with E-state index in [2.05, 4.69) is 15.9 Å². The third-order valence-corrected chi connectivity index (χ3v) is 6.87. The highest BCUT2D eigenvalue weighted by Gasteiger charge is 2.23. The third kappa shape index (κ3) is 5.09. The van der Waals surface area contributed by atoms with Gasteiger partial charge in [-0.1, -0.05) is 18.2 Å². The number of hydrogen-bond donors (Lipinski definition) is 0. The van der Waals surface area contributed by atoms with E-state index in [1.807, 2.05) is 31.2 Å². The summed E-state index contributed by atoms with van der Waals surface area (Å²) in [7, 11) is 0.902. The van der Waals surface area contributed by atoms with Crippen molar-refractivity contribution in [3.63, 3.8) is 0 Å². The number of likely N-dealkylation sites (N-methyl/N-ethyl adjacent to an activating group) is 1. The first kappa shape index (κ1) is 21.4. The Hall–Kier alpha value is -1.90. The van der Waals surface area contributed by atoms with Crippen LogP contribution < -0.4 is 4.74 Å². The van der Waals surface area contributed by atoms with Crippen molar-refractivity contribution < 1.29 is 17.9 Å². The molecule has 0 fully saturated rings. The number of amides is 1. The predicted octanol–water partition coefficient (Wildman–Crippen LogP) is 3.16. The highest BCUT2D eigenvalue weighted by atomic mass is 79.9. The molecule has 0 unspecified atom stereocenters. The van der Waals surface area contributed by atoms with Crippen LogP contribution in [0.1, 0.15) is 15.9 Å². The number of carbonyl (C=O) groups is 1. The van der Waals surface area contributed by atoms with Gasteiger partial charge in [0.15, 0.2) is 0 Å². The second-order valence-electron chi connectivity index (χ2n) is 6.27. The van der Waals surface area contributed by atoms with E-state index in [0.717, 1.165) is 15.6 Å². The second-order valence-corrected chi connectivity index (χ2v) is 9.25. The van der Waals surface area contributed by atoms with Gasteiger partial charge in [-0.2, -0.15) is 0 Å². The van der Waals surface area contributed by atoms with Gasteiger partial charge in [-0.3, -0.25) is 4.79 Å². The van der Waals surface area contributed by atoms with Crippen molar-refractivity contribution in [1.82, 2.24) is 9.21 Å². The molecule has 0 aliphatic carbocycles. The van der Waals surface area contributed by atoms with Gasteiger partial charge in [-0.25, -0.2) is 12.7 Å². The monoisotopic (exact) mass is 454 g/mol. The summed E-state index contributed by atoms with van der Waals surface area (Å²) in [5.74, 6) is 0.507. The number of nitrogens with zero attached hydrogens (tertiary/aromatic N) is 2. The van der Waals surface area contributed by atoms with E-state index in [0.29, 0.717) is 23.2 Å². The van der Waals surface area contributed by atoms with Crippen molar-refractivity contribution in [1.29, 1.82) is 0 Å². The lowest BCUT2D eigenvalue weighted by Crippen LogP contribution is -2.31. The Kier molecular flexibility index (Phi) is 7.02. The quantitative estimate of drug-likeness (QED) is 0.644. The largest absolute Gasteiger partial charge is 0.491 e. The van der Waals surface area contributed by atoms with Crippen molar-refractivity contribution in [2.45, 2.75) is 11.8 Å². The molecule has 27 heavy (non-hydrogen) atoms. The Morgan fingerprint density at radius 3 is 2.41 bits per heavy atom. The maximum atomic E-state index is 12.7. The lowest BCUT2D eigenvalue weighted by molar-refractivity contribution is 0.0773. The maximum absolute atomic E-state index is 12.7. The highest BCUT2D eigenvalue weighted by Crippen LogP contribution is 2.25. The Morgan fingerprint density at radius 1 is 1.11 bits per heavy atom. The van der Waals surface area contributed by atoms with E-state index in [-0.39, 0.29) is 10.8 Å². The van der Waals surface area contributed by atoms with Crippen LogP contribution in [-0.2, 0) is 10.0 Å². The molecule has 0 spiro atoms. The second kappa shape index (κ2) is 8.86. The van der Waals surface area contributed by atoms with Crippen molar-refractivity contribution in [2.24, 2.45) is 0 Å². The molecule has 0 heterocycles. The summed E-state index contributed by atoms with van der Waals surface area (Å²) >= 11 is 3.24. The molecule has 0 aliphatic rings. The van der Waals surface area contributed by atoms with Crippen molar-refractivity contribution >= 4 is 31.9 Å². The summed E-state index contributed by atoms with van der Waals surface area (Å²) in [4.78, 5) is 14.2. The number of rotatable bonds is 7. The van der Waals surface area contributed by atoms with Gasteiger partial charge in [0.1, 0.15) is 12.4 Å². The van der Waals surface area contributed by atoms with Gasteiger partial charge in [0, 0.05) is 31.2 Å². The van der Waals surface area contributed by atoms with E-state index in [1.165, 1.54) is 25.1 Å². The van der Waals surface area contributed by atoms with E-state index in [4.69, 9.17) is 4.74 Å². The smallest absolute Gasteiger partial charge is 0.253 e. The van der Waals surface area contributed by atoms with Crippen molar-refractivity contribution in [3.8, 4) is 5.75 Å². The van der Waals surface area contributed by atoms with Crippen LogP contribution in [0.5, 0.6) is 5.75 Å². The zero-order chi connectivity index (χ0) is 20.2. The van der Waals surface area contributed by atoms with Gasteiger partial charge < -0.3 is 9.64 Å². The molecule has 0 aliphatic heterocycles. The van der Waals surface area contributed by atoms with Crippen molar-refractivity contribution in [3.05, 3.63) is 58.1 Å². The number of sulfonamides is 1. The number of halogens is 1. The Bertz CT molecular complexity index is 929. The summed E-state index contributed by atoms with van der Waals surface area (Å²) in [6.07, 6.45) is 0. The van der Waals surface area contributed by atoms with Gasteiger partial charge in [0.05, 0.1) is 11.4 Å². The topological polar surface area (TPSA) is 66.9 Å². The van der Waals surface area contributed by atoms with Crippen LogP contribution in [-0.4, -0.2) is 57.8 Å². The Morgan fingerprint density at radius 2 is 1.78 bits per heavy atom. The molecule has 0 saturated heterocycles. The first-order valence-corrected chi connectivity index (χ1v) is 10.5. The highest BCUT2D eigenvalue weighted by molar-refractivity contribution is 9.10. The molecule has 0 saturated carbocycles. The molecule has 6 nitrogen and oxygen atoms in total. The van der Waals surface area contributed by atoms with Crippen molar-refractivity contribution in [2.75, 3.05) is 34.3 Å². The molecule has 0 N–H and O–H groups in total. The molecular weight excluding hydrogens is 432 g/mol. The van der Waals surface area contributed by atoms with Crippen LogP contribution in [0.2, 0.25) is 0 Å². The molecule has 2 aromatic rings. The predicted molar refractivity (Wildman–Crippen MR) is 109 cm³/mol. The number of ether oxygens (including phenoxy) is 1. The molecular formula is C19H23BrN2O4S. The average Bonchev–Trinajstić information content (AvgIpc) is 2.62. The normalized spacial score (nSPS) is 11.5. The molecule has 0 bridgehead atoms. The van der Waals surface area contributed by atoms with Gasteiger partial charge in [0.2, 0.25) is 10.0 Å². The van der Waals surface area contributed by atoms with E-state index in [1.54, 1.807) is 19.2 Å². The van der Waals surface area contributed by atoms with Gasteiger partial charge in [-0.05, 0) is 52.7 Å². The lowest BCUT2D eigenvalue weighted by Gasteiger charge is -2.19. The van der Waals surface area contributed by atoms with Gasteiger partial charge in [-0.15, -0.1) is 0 Å². The fourth-order valence-corrected chi connectivity index (χ4v) is 4.21. The number of hydrogen-bond acceptors (Lipinski definition) is 4. The lowest BCUT2D eigenvalue weighted by atomic mass is 10.2. The number of carbonyl (C=O) groups excluding carboxylic acids is 1. The average molecular weight is 455 g/mol. The van der Waals surface area contributed by atoms with Crippen LogP contribution in [0.25, 0.3) is 0 Å². The molecule has 146 valence electrons. The third-order valence-electron chi connectivity index (χ3n) is 4.06. The SMILES string of the molecule is Cc1ccccc1OCCN(C)C(=O)c1ccc(Br)c(S(=O)(=O)N(C)C)c1. The number of aryl methyl sites for hydroxylation is 1. The minimum atomic E-state index is -3.66. The molecule has 2 rings (SSSR count). The van der Waals surface area contributed by atoms with Crippen LogP contribution in [0.3, 0.4) is 0 Å². The van der Waals surface area contributed by atoms with Gasteiger partial charge in [0.25, 0.3) is 5.91 Å². The van der Waals surface area contributed by atoms with Gasteiger partial charge >= 0.3 is 0 Å². The summed E-state index contributed by atoms with van der Waals surface area (Å²) in [6, 6.07) is 12.2. The molecule has 8 heteroatoms. The molecule has 0 radical (unpaired) electrons. The fourth-order valence-electron chi connectivity index (χ4n) is 2.36. The van der Waals surface area contributed by atoms with Crippen LogP contribution in [0.4, 0.5) is 0 Å². The maximum Gasteiger partial charge on any atom is 0.253 e. The number of para-hydroxylation sites is 1. The summed E-state index contributed by atoms with van der Waals surface area (Å²) in [5, 5.41) is 0. The fraction of sp³-hybridized carbons (Fsp3) is 0.316. The number of benzene rings is 2. The van der Waals surface area contributed by atoms with Crippen LogP contribution in [0, 0.1) is 6.92 Å². The first-order valence-electron chi connectivity index (χ1n) is 8.30. The van der Waals surface area contributed by atoms with E-state index >= 15 is 0 Å². The zero-order valence-electron chi connectivity index (χ0n) is 15.8. The standard InChI is InChI=1S/C19H23BrN2O4S/c1-14-7-5-6-8-17(14)26-12-11-22(4)19(23)15-9-10-16(20)18(13-15)27(24,25)21(2)3/h5-10,13H,11-12H2,1-4H3. The summed E-state index contributed by atoms with van der Waals surface area (Å²) in [5.41, 5.74) is 1.33.